The number of rotatable bonds is 3. The van der Waals surface area contributed by atoms with E-state index in [0.29, 0.717) is 30.0 Å². The zero-order valence-electron chi connectivity index (χ0n) is 15.0. The van der Waals surface area contributed by atoms with Gasteiger partial charge < -0.3 is 15.0 Å². The van der Waals surface area contributed by atoms with E-state index in [1.807, 2.05) is 43.3 Å². The van der Waals surface area contributed by atoms with Crippen LogP contribution in [-0.4, -0.2) is 24.5 Å². The molecule has 4 rings (SSSR count). The summed E-state index contributed by atoms with van der Waals surface area (Å²) in [5.74, 6) is 0.799. The standard InChI is InChI=1S/C21H22N2O3/c1-13-14(2)26-20-15(13)7-5-8-16(20)21(25)22-17-9-3-4-10-18(17)23-12-6-11-19(23)24/h3-5,7-10,13-14H,6,11-12H2,1-2H3,(H,22,25). The zero-order valence-corrected chi connectivity index (χ0v) is 15.0. The fourth-order valence-corrected chi connectivity index (χ4v) is 3.67. The summed E-state index contributed by atoms with van der Waals surface area (Å²) < 4.78 is 5.93. The summed E-state index contributed by atoms with van der Waals surface area (Å²) in [5.41, 5.74) is 2.98. The number of amides is 2. The lowest BCUT2D eigenvalue weighted by Crippen LogP contribution is -2.25. The summed E-state index contributed by atoms with van der Waals surface area (Å²) >= 11 is 0. The number of nitrogens with zero attached hydrogens (tertiary/aromatic N) is 1. The highest BCUT2D eigenvalue weighted by Crippen LogP contribution is 2.40. The van der Waals surface area contributed by atoms with Gasteiger partial charge in [-0.25, -0.2) is 0 Å². The first-order valence-electron chi connectivity index (χ1n) is 9.06. The number of anilines is 2. The van der Waals surface area contributed by atoms with Gasteiger partial charge in [0.25, 0.3) is 5.91 Å². The average Bonchev–Trinajstić information content (AvgIpc) is 3.19. The molecule has 2 amide bonds. The SMILES string of the molecule is CC1Oc2c(C(=O)Nc3ccccc3N3CCCC3=O)cccc2C1C. The number of hydrogen-bond acceptors (Lipinski definition) is 3. The summed E-state index contributed by atoms with van der Waals surface area (Å²) in [5, 5.41) is 2.97. The van der Waals surface area contributed by atoms with Gasteiger partial charge in [-0.05, 0) is 31.5 Å². The van der Waals surface area contributed by atoms with Crippen LogP contribution in [0.3, 0.4) is 0 Å². The molecule has 2 heterocycles. The van der Waals surface area contributed by atoms with Gasteiger partial charge in [-0.15, -0.1) is 0 Å². The van der Waals surface area contributed by atoms with E-state index >= 15 is 0 Å². The highest BCUT2D eigenvalue weighted by atomic mass is 16.5. The number of carbonyl (C=O) groups is 2. The molecule has 2 aliphatic rings. The second-order valence-electron chi connectivity index (χ2n) is 6.96. The lowest BCUT2D eigenvalue weighted by Gasteiger charge is -2.20. The minimum atomic E-state index is -0.220. The molecule has 0 saturated carbocycles. The van der Waals surface area contributed by atoms with E-state index in [-0.39, 0.29) is 23.8 Å². The summed E-state index contributed by atoms with van der Waals surface area (Å²) in [6, 6.07) is 13.1. The molecule has 2 atom stereocenters. The summed E-state index contributed by atoms with van der Waals surface area (Å²) in [7, 11) is 0. The number of fused-ring (bicyclic) bond motifs is 1. The highest BCUT2D eigenvalue weighted by molar-refractivity contribution is 6.09. The Labute approximate surface area is 153 Å². The van der Waals surface area contributed by atoms with Crippen molar-refractivity contribution in [2.75, 3.05) is 16.8 Å². The Morgan fingerprint density at radius 3 is 2.73 bits per heavy atom. The van der Waals surface area contributed by atoms with Crippen LogP contribution in [0, 0.1) is 0 Å². The zero-order chi connectivity index (χ0) is 18.3. The van der Waals surface area contributed by atoms with E-state index in [1.165, 1.54) is 0 Å². The molecule has 2 aromatic carbocycles. The van der Waals surface area contributed by atoms with Gasteiger partial charge in [0.2, 0.25) is 5.91 Å². The van der Waals surface area contributed by atoms with Crippen molar-refractivity contribution in [2.24, 2.45) is 0 Å². The van der Waals surface area contributed by atoms with Crippen molar-refractivity contribution in [3.63, 3.8) is 0 Å². The van der Waals surface area contributed by atoms with Crippen LogP contribution in [0.15, 0.2) is 42.5 Å². The number of carbonyl (C=O) groups excluding carboxylic acids is 2. The van der Waals surface area contributed by atoms with Crippen molar-refractivity contribution in [1.82, 2.24) is 0 Å². The molecule has 2 aliphatic heterocycles. The first kappa shape index (κ1) is 16.6. The number of ether oxygens (including phenoxy) is 1. The molecule has 5 heteroatoms. The van der Waals surface area contributed by atoms with Gasteiger partial charge in [0.05, 0.1) is 16.9 Å². The second kappa shape index (κ2) is 6.48. The summed E-state index contributed by atoms with van der Waals surface area (Å²) in [6.45, 7) is 4.80. The van der Waals surface area contributed by atoms with Gasteiger partial charge in [-0.3, -0.25) is 9.59 Å². The molecule has 0 spiro atoms. The largest absolute Gasteiger partial charge is 0.489 e. The lowest BCUT2D eigenvalue weighted by molar-refractivity contribution is -0.117. The Morgan fingerprint density at radius 1 is 1.15 bits per heavy atom. The summed E-state index contributed by atoms with van der Waals surface area (Å²) in [4.78, 5) is 26.8. The molecular weight excluding hydrogens is 328 g/mol. The van der Waals surface area contributed by atoms with Crippen molar-refractivity contribution in [1.29, 1.82) is 0 Å². The molecule has 5 nitrogen and oxygen atoms in total. The lowest BCUT2D eigenvalue weighted by atomic mass is 9.97. The first-order valence-corrected chi connectivity index (χ1v) is 9.06. The Kier molecular flexibility index (Phi) is 4.15. The van der Waals surface area contributed by atoms with Crippen LogP contribution in [0.25, 0.3) is 0 Å². The van der Waals surface area contributed by atoms with Crippen LogP contribution in [0.1, 0.15) is 48.5 Å². The Balaban J connectivity index is 1.64. The molecule has 1 saturated heterocycles. The molecule has 0 aliphatic carbocycles. The molecule has 0 radical (unpaired) electrons. The predicted molar refractivity (Wildman–Crippen MR) is 101 cm³/mol. The maximum Gasteiger partial charge on any atom is 0.259 e. The number of para-hydroxylation sites is 3. The van der Waals surface area contributed by atoms with Crippen LogP contribution < -0.4 is 15.0 Å². The molecule has 1 fully saturated rings. The van der Waals surface area contributed by atoms with Crippen LogP contribution in [0.4, 0.5) is 11.4 Å². The van der Waals surface area contributed by atoms with Crippen molar-refractivity contribution in [2.45, 2.75) is 38.7 Å². The molecule has 2 unspecified atom stereocenters. The smallest absolute Gasteiger partial charge is 0.259 e. The number of benzene rings is 2. The van der Waals surface area contributed by atoms with Crippen LogP contribution in [0.5, 0.6) is 5.75 Å². The molecule has 0 aromatic heterocycles. The van der Waals surface area contributed by atoms with Gasteiger partial charge >= 0.3 is 0 Å². The van der Waals surface area contributed by atoms with E-state index in [2.05, 4.69) is 12.2 Å². The van der Waals surface area contributed by atoms with E-state index in [1.54, 1.807) is 11.0 Å². The van der Waals surface area contributed by atoms with Crippen LogP contribution in [-0.2, 0) is 4.79 Å². The van der Waals surface area contributed by atoms with Crippen molar-refractivity contribution >= 4 is 23.2 Å². The van der Waals surface area contributed by atoms with E-state index in [9.17, 15) is 9.59 Å². The number of hydrogen-bond donors (Lipinski definition) is 1. The minimum Gasteiger partial charge on any atom is -0.489 e. The van der Waals surface area contributed by atoms with Crippen LogP contribution in [0.2, 0.25) is 0 Å². The quantitative estimate of drug-likeness (QED) is 0.912. The van der Waals surface area contributed by atoms with E-state index in [0.717, 1.165) is 17.7 Å². The molecule has 2 aromatic rings. The van der Waals surface area contributed by atoms with Gasteiger partial charge in [-0.1, -0.05) is 31.2 Å². The third kappa shape index (κ3) is 2.73. The monoisotopic (exact) mass is 350 g/mol. The Hall–Kier alpha value is -2.82. The van der Waals surface area contributed by atoms with Crippen LogP contribution >= 0.6 is 0 Å². The fraction of sp³-hybridized carbons (Fsp3) is 0.333. The molecule has 1 N–H and O–H groups in total. The summed E-state index contributed by atoms with van der Waals surface area (Å²) in [6.07, 6.45) is 1.45. The molecule has 134 valence electrons. The maximum atomic E-state index is 12.9. The third-order valence-corrected chi connectivity index (χ3v) is 5.31. The Morgan fingerprint density at radius 2 is 1.96 bits per heavy atom. The third-order valence-electron chi connectivity index (χ3n) is 5.31. The highest BCUT2D eigenvalue weighted by Gasteiger charge is 2.31. The van der Waals surface area contributed by atoms with Gasteiger partial charge in [0.1, 0.15) is 11.9 Å². The fourth-order valence-electron chi connectivity index (χ4n) is 3.67. The van der Waals surface area contributed by atoms with Crippen molar-refractivity contribution < 1.29 is 14.3 Å². The molecular formula is C21H22N2O3. The molecule has 26 heavy (non-hydrogen) atoms. The van der Waals surface area contributed by atoms with Crippen molar-refractivity contribution in [3.05, 3.63) is 53.6 Å². The van der Waals surface area contributed by atoms with Gasteiger partial charge in [-0.2, -0.15) is 0 Å². The van der Waals surface area contributed by atoms with Gasteiger partial charge in [0.15, 0.2) is 0 Å². The predicted octanol–water partition coefficient (Wildman–Crippen LogP) is 3.95. The van der Waals surface area contributed by atoms with Gasteiger partial charge in [0, 0.05) is 24.4 Å². The Bertz CT molecular complexity index is 877. The van der Waals surface area contributed by atoms with E-state index in [4.69, 9.17) is 4.74 Å². The minimum absolute atomic E-state index is 0.0495. The molecule has 0 bridgehead atoms. The average molecular weight is 350 g/mol. The normalized spacial score (nSPS) is 21.5. The first-order chi connectivity index (χ1) is 12.6. The maximum absolute atomic E-state index is 12.9. The number of nitrogens with one attached hydrogen (secondary N) is 1. The van der Waals surface area contributed by atoms with E-state index < -0.39 is 0 Å². The second-order valence-corrected chi connectivity index (χ2v) is 6.96. The van der Waals surface area contributed by atoms with Crippen molar-refractivity contribution in [3.8, 4) is 5.75 Å². The topological polar surface area (TPSA) is 58.6 Å².